The predicted octanol–water partition coefficient (Wildman–Crippen LogP) is 2.10. The molecule has 0 radical (unpaired) electrons. The molecule has 3 saturated heterocycles. The summed E-state index contributed by atoms with van der Waals surface area (Å²) in [5.74, 6) is -0.0611. The highest BCUT2D eigenvalue weighted by Crippen LogP contribution is 2.49. The molecule has 29 heavy (non-hydrogen) atoms. The molecule has 3 aliphatic rings. The van der Waals surface area contributed by atoms with Crippen LogP contribution in [0.3, 0.4) is 0 Å². The lowest BCUT2D eigenvalue weighted by Crippen LogP contribution is -2.44. The Morgan fingerprint density at radius 3 is 2.21 bits per heavy atom. The highest BCUT2D eigenvalue weighted by molar-refractivity contribution is 6.24. The average molecular weight is 388 g/mol. The van der Waals surface area contributed by atoms with Crippen molar-refractivity contribution in [1.29, 1.82) is 5.26 Å². The van der Waals surface area contributed by atoms with Crippen molar-refractivity contribution >= 4 is 17.5 Å². The second-order valence-electron chi connectivity index (χ2n) is 7.54. The van der Waals surface area contributed by atoms with Gasteiger partial charge in [-0.3, -0.25) is 9.59 Å². The van der Waals surface area contributed by atoms with E-state index in [0.717, 1.165) is 30.8 Å². The fourth-order valence-electron chi connectivity index (χ4n) is 4.85. The molecule has 3 fully saturated rings. The first-order chi connectivity index (χ1) is 14.1. The molecule has 3 atom stereocenters. The van der Waals surface area contributed by atoms with Gasteiger partial charge in [-0.15, -0.1) is 0 Å². The van der Waals surface area contributed by atoms with Crippen molar-refractivity contribution in [2.75, 3.05) is 25.1 Å². The van der Waals surface area contributed by atoms with E-state index in [4.69, 9.17) is 10.00 Å². The average Bonchev–Trinajstić information content (AvgIpc) is 3.40. The molecule has 0 N–H and O–H groups in total. The fraction of sp³-hybridized carbons (Fsp3) is 0.318. The molecule has 0 aromatic heterocycles. The number of rotatable bonds is 3. The molecule has 2 amide bonds. The van der Waals surface area contributed by atoms with Gasteiger partial charge in [0.25, 0.3) is 5.91 Å². The number of amides is 2. The number of methoxy groups -OCH3 is 1. The molecule has 7 heteroatoms. The summed E-state index contributed by atoms with van der Waals surface area (Å²) in [4.78, 5) is 28.1. The first-order valence-corrected chi connectivity index (χ1v) is 9.69. The minimum Gasteiger partial charge on any atom is -0.497 e. The van der Waals surface area contributed by atoms with Crippen LogP contribution in [-0.4, -0.2) is 48.1 Å². The van der Waals surface area contributed by atoms with E-state index in [1.54, 1.807) is 31.4 Å². The third-order valence-electron chi connectivity index (χ3n) is 6.12. The smallest absolute Gasteiger partial charge is 0.253 e. The number of anilines is 1. The van der Waals surface area contributed by atoms with Crippen LogP contribution in [0.5, 0.6) is 5.75 Å². The van der Waals surface area contributed by atoms with Crippen molar-refractivity contribution in [2.24, 2.45) is 5.92 Å². The van der Waals surface area contributed by atoms with E-state index in [1.807, 2.05) is 24.3 Å². The Bertz CT molecular complexity index is 1010. The maximum Gasteiger partial charge on any atom is 0.253 e. The molecule has 2 aromatic rings. The van der Waals surface area contributed by atoms with Crippen LogP contribution in [0.4, 0.5) is 5.69 Å². The van der Waals surface area contributed by atoms with Gasteiger partial charge in [0.15, 0.2) is 0 Å². The van der Waals surface area contributed by atoms with E-state index in [-0.39, 0.29) is 17.9 Å². The summed E-state index contributed by atoms with van der Waals surface area (Å²) < 4.78 is 5.26. The Hall–Kier alpha value is -3.21. The van der Waals surface area contributed by atoms with Gasteiger partial charge >= 0.3 is 0 Å². The number of benzene rings is 2. The molecule has 146 valence electrons. The lowest BCUT2D eigenvalue weighted by atomic mass is 9.90. The van der Waals surface area contributed by atoms with Crippen molar-refractivity contribution in [1.82, 2.24) is 10.0 Å². The predicted molar refractivity (Wildman–Crippen MR) is 105 cm³/mol. The van der Waals surface area contributed by atoms with Crippen molar-refractivity contribution in [3.05, 3.63) is 59.7 Å². The van der Waals surface area contributed by atoms with E-state index in [1.165, 1.54) is 4.90 Å². The highest BCUT2D eigenvalue weighted by Gasteiger charge is 2.62. The van der Waals surface area contributed by atoms with Gasteiger partial charge < -0.3 is 4.74 Å². The van der Waals surface area contributed by atoms with E-state index >= 15 is 0 Å². The zero-order valence-electron chi connectivity index (χ0n) is 16.0. The summed E-state index contributed by atoms with van der Waals surface area (Å²) in [7, 11) is 1.62. The van der Waals surface area contributed by atoms with Gasteiger partial charge in [-0.25, -0.2) is 14.9 Å². The Morgan fingerprint density at radius 1 is 0.931 bits per heavy atom. The van der Waals surface area contributed by atoms with Crippen LogP contribution >= 0.6 is 0 Å². The standard InChI is InChI=1S/C22H20N4O3/c1-29-17-9-5-15(6-10-17)19-18-20(25-12-2-11-24(19)25)22(28)26(21(18)27)16-7-3-14(13-23)4-8-16/h3-10,18-20H,2,11-12H2,1H3. The van der Waals surface area contributed by atoms with Crippen molar-refractivity contribution in [3.63, 3.8) is 0 Å². The van der Waals surface area contributed by atoms with Crippen molar-refractivity contribution in [3.8, 4) is 11.8 Å². The van der Waals surface area contributed by atoms with Crippen LogP contribution < -0.4 is 9.64 Å². The van der Waals surface area contributed by atoms with E-state index in [9.17, 15) is 9.59 Å². The molecule has 0 saturated carbocycles. The molecule has 7 nitrogen and oxygen atoms in total. The van der Waals surface area contributed by atoms with Crippen LogP contribution in [0.2, 0.25) is 0 Å². The molecule has 0 spiro atoms. The minimum atomic E-state index is -0.479. The SMILES string of the molecule is COc1ccc(C2C3C(=O)N(c4ccc(C#N)cc4)C(=O)C3N3CCCN23)cc1. The zero-order chi connectivity index (χ0) is 20.1. The Kier molecular flexibility index (Phi) is 4.12. The van der Waals surface area contributed by atoms with Crippen LogP contribution in [0.15, 0.2) is 48.5 Å². The van der Waals surface area contributed by atoms with Gasteiger partial charge in [0.2, 0.25) is 5.91 Å². The normalized spacial score (nSPS) is 26.5. The third-order valence-corrected chi connectivity index (χ3v) is 6.12. The second-order valence-corrected chi connectivity index (χ2v) is 7.54. The summed E-state index contributed by atoms with van der Waals surface area (Å²) in [6.07, 6.45) is 0.966. The van der Waals surface area contributed by atoms with E-state index < -0.39 is 12.0 Å². The number of fused-ring (bicyclic) bond motifs is 3. The van der Waals surface area contributed by atoms with Crippen molar-refractivity contribution in [2.45, 2.75) is 18.5 Å². The number of hydrogen-bond acceptors (Lipinski definition) is 6. The zero-order valence-corrected chi connectivity index (χ0v) is 16.0. The molecule has 3 unspecified atom stereocenters. The molecular weight excluding hydrogens is 368 g/mol. The first-order valence-electron chi connectivity index (χ1n) is 9.69. The summed E-state index contributed by atoms with van der Waals surface area (Å²) in [6.45, 7) is 1.61. The number of carbonyl (C=O) groups excluding carboxylic acids is 2. The van der Waals surface area contributed by atoms with E-state index in [2.05, 4.69) is 16.1 Å². The molecule has 3 heterocycles. The lowest BCUT2D eigenvalue weighted by Gasteiger charge is -2.29. The summed E-state index contributed by atoms with van der Waals surface area (Å²) >= 11 is 0. The molecule has 0 aliphatic carbocycles. The summed E-state index contributed by atoms with van der Waals surface area (Å²) in [5, 5.41) is 13.3. The first kappa shape index (κ1) is 17.9. The van der Waals surface area contributed by atoms with E-state index in [0.29, 0.717) is 11.3 Å². The van der Waals surface area contributed by atoms with Gasteiger partial charge in [0, 0.05) is 13.1 Å². The number of ether oxygens (including phenoxy) is 1. The molecule has 3 aliphatic heterocycles. The van der Waals surface area contributed by atoms with Crippen LogP contribution in [0.25, 0.3) is 0 Å². The largest absolute Gasteiger partial charge is 0.497 e. The lowest BCUT2D eigenvalue weighted by molar-refractivity contribution is -0.126. The Morgan fingerprint density at radius 2 is 1.59 bits per heavy atom. The number of nitriles is 1. The number of hydrazine groups is 1. The van der Waals surface area contributed by atoms with Gasteiger partial charge in [-0.2, -0.15) is 5.26 Å². The van der Waals surface area contributed by atoms with Crippen LogP contribution in [-0.2, 0) is 9.59 Å². The number of carbonyl (C=O) groups is 2. The third kappa shape index (κ3) is 2.57. The maximum atomic E-state index is 13.5. The summed E-state index contributed by atoms with van der Waals surface area (Å²) in [5.41, 5.74) is 2.02. The quantitative estimate of drug-likeness (QED) is 0.750. The fourth-order valence-corrected chi connectivity index (χ4v) is 4.85. The van der Waals surface area contributed by atoms with Gasteiger partial charge in [-0.05, 0) is 48.4 Å². The van der Waals surface area contributed by atoms with Gasteiger partial charge in [0.05, 0.1) is 36.4 Å². The number of imide groups is 1. The molecule has 0 bridgehead atoms. The summed E-state index contributed by atoms with van der Waals surface area (Å²) in [6, 6.07) is 15.7. The number of hydrogen-bond donors (Lipinski definition) is 0. The Labute approximate surface area is 168 Å². The highest BCUT2D eigenvalue weighted by atomic mass is 16.5. The monoisotopic (exact) mass is 388 g/mol. The second kappa shape index (κ2) is 6.69. The maximum absolute atomic E-state index is 13.5. The van der Waals surface area contributed by atoms with Crippen LogP contribution in [0.1, 0.15) is 23.6 Å². The minimum absolute atomic E-state index is 0.173. The van der Waals surface area contributed by atoms with Crippen LogP contribution in [0, 0.1) is 17.2 Å². The molecular formula is C22H20N4O3. The topological polar surface area (TPSA) is 76.9 Å². The Balaban J connectivity index is 1.54. The van der Waals surface area contributed by atoms with Crippen molar-refractivity contribution < 1.29 is 14.3 Å². The van der Waals surface area contributed by atoms with Gasteiger partial charge in [-0.1, -0.05) is 12.1 Å². The number of nitrogens with zero attached hydrogens (tertiary/aromatic N) is 4. The molecule has 2 aromatic carbocycles. The van der Waals surface area contributed by atoms with Gasteiger partial charge in [0.1, 0.15) is 11.8 Å². The molecule has 5 rings (SSSR count).